The Bertz CT molecular complexity index is 416. The van der Waals surface area contributed by atoms with E-state index in [0.29, 0.717) is 11.3 Å². The molecular formula is C12H17N3OS. The van der Waals surface area contributed by atoms with Crippen LogP contribution in [0.2, 0.25) is 0 Å². The molecule has 1 aromatic heterocycles. The lowest BCUT2D eigenvalue weighted by Gasteiger charge is -2.22. The van der Waals surface area contributed by atoms with Crippen molar-refractivity contribution >= 4 is 23.4 Å². The van der Waals surface area contributed by atoms with Crippen LogP contribution in [0.1, 0.15) is 28.9 Å². The minimum Gasteiger partial charge on any atom is -0.397 e. The number of aryl methyl sites for hydroxylation is 1. The third-order valence-electron chi connectivity index (χ3n) is 2.85. The van der Waals surface area contributed by atoms with E-state index in [-0.39, 0.29) is 11.9 Å². The van der Waals surface area contributed by atoms with E-state index < -0.39 is 0 Å². The van der Waals surface area contributed by atoms with Gasteiger partial charge in [0.25, 0.3) is 5.91 Å². The molecule has 92 valence electrons. The minimum absolute atomic E-state index is 0.0604. The van der Waals surface area contributed by atoms with E-state index in [1.807, 2.05) is 18.7 Å². The zero-order valence-corrected chi connectivity index (χ0v) is 10.7. The maximum absolute atomic E-state index is 12.1. The highest BCUT2D eigenvalue weighted by Gasteiger charge is 2.18. The lowest BCUT2D eigenvalue weighted by Crippen LogP contribution is -2.38. The SMILES string of the molecule is Cc1ncc(N)cc1C(=O)NC1CCCSC1. The number of pyridine rings is 1. The Labute approximate surface area is 105 Å². The van der Waals surface area contributed by atoms with Gasteiger partial charge in [-0.2, -0.15) is 11.8 Å². The topological polar surface area (TPSA) is 68.0 Å². The van der Waals surface area contributed by atoms with Crippen molar-refractivity contribution in [2.75, 3.05) is 17.2 Å². The van der Waals surface area contributed by atoms with Gasteiger partial charge in [-0.15, -0.1) is 0 Å². The molecule has 0 aromatic carbocycles. The van der Waals surface area contributed by atoms with Crippen molar-refractivity contribution in [1.82, 2.24) is 10.3 Å². The smallest absolute Gasteiger partial charge is 0.253 e. The van der Waals surface area contributed by atoms with Crippen molar-refractivity contribution in [1.29, 1.82) is 0 Å². The monoisotopic (exact) mass is 251 g/mol. The molecule has 2 heterocycles. The lowest BCUT2D eigenvalue weighted by atomic mass is 10.1. The summed E-state index contributed by atoms with van der Waals surface area (Å²) >= 11 is 1.89. The number of hydrogen-bond donors (Lipinski definition) is 2. The Hall–Kier alpha value is -1.23. The molecule has 0 bridgehead atoms. The molecule has 1 unspecified atom stereocenters. The largest absolute Gasteiger partial charge is 0.397 e. The third kappa shape index (κ3) is 3.12. The van der Waals surface area contributed by atoms with Crippen LogP contribution in [0.5, 0.6) is 0 Å². The maximum atomic E-state index is 12.1. The first-order valence-electron chi connectivity index (χ1n) is 5.77. The fourth-order valence-corrected chi connectivity index (χ4v) is 2.97. The maximum Gasteiger partial charge on any atom is 0.253 e. The summed E-state index contributed by atoms with van der Waals surface area (Å²) in [4.78, 5) is 16.2. The second-order valence-corrected chi connectivity index (χ2v) is 5.44. The quantitative estimate of drug-likeness (QED) is 0.837. The molecule has 1 aliphatic rings. The summed E-state index contributed by atoms with van der Waals surface area (Å²) in [7, 11) is 0. The highest BCUT2D eigenvalue weighted by Crippen LogP contribution is 2.18. The summed E-state index contributed by atoms with van der Waals surface area (Å²) in [6, 6.07) is 1.97. The standard InChI is InChI=1S/C12H17N3OS/c1-8-11(5-9(13)6-14-8)12(16)15-10-3-2-4-17-7-10/h5-6,10H,2-4,7,13H2,1H3,(H,15,16). The number of carbonyl (C=O) groups is 1. The Balaban J connectivity index is 2.05. The van der Waals surface area contributed by atoms with Crippen LogP contribution in [-0.4, -0.2) is 28.4 Å². The number of carbonyl (C=O) groups excluding carboxylic acids is 1. The van der Waals surface area contributed by atoms with Gasteiger partial charge in [-0.25, -0.2) is 0 Å². The summed E-state index contributed by atoms with van der Waals surface area (Å²) in [5, 5.41) is 3.05. The molecule has 1 fully saturated rings. The molecule has 1 atom stereocenters. The molecular weight excluding hydrogens is 234 g/mol. The third-order valence-corrected chi connectivity index (χ3v) is 4.06. The molecule has 1 aromatic rings. The highest BCUT2D eigenvalue weighted by atomic mass is 32.2. The van der Waals surface area contributed by atoms with Crippen molar-refractivity contribution in [2.24, 2.45) is 0 Å². The van der Waals surface area contributed by atoms with E-state index >= 15 is 0 Å². The Morgan fingerprint density at radius 3 is 3.18 bits per heavy atom. The molecule has 0 radical (unpaired) electrons. The molecule has 4 nitrogen and oxygen atoms in total. The van der Waals surface area contributed by atoms with Crippen LogP contribution in [0.15, 0.2) is 12.3 Å². The minimum atomic E-state index is -0.0604. The molecule has 0 aliphatic carbocycles. The lowest BCUT2D eigenvalue weighted by molar-refractivity contribution is 0.0937. The van der Waals surface area contributed by atoms with E-state index in [2.05, 4.69) is 10.3 Å². The van der Waals surface area contributed by atoms with Crippen LogP contribution < -0.4 is 11.1 Å². The summed E-state index contributed by atoms with van der Waals surface area (Å²) in [6.45, 7) is 1.82. The van der Waals surface area contributed by atoms with Gasteiger partial charge in [-0.1, -0.05) is 0 Å². The van der Waals surface area contributed by atoms with Gasteiger partial charge in [-0.05, 0) is 31.6 Å². The molecule has 2 rings (SSSR count). The van der Waals surface area contributed by atoms with E-state index in [0.717, 1.165) is 17.9 Å². The molecule has 1 aliphatic heterocycles. The molecule has 0 spiro atoms. The molecule has 17 heavy (non-hydrogen) atoms. The van der Waals surface area contributed by atoms with E-state index in [9.17, 15) is 4.79 Å². The van der Waals surface area contributed by atoms with Crippen LogP contribution in [0.25, 0.3) is 0 Å². The van der Waals surface area contributed by atoms with Crippen molar-refractivity contribution in [2.45, 2.75) is 25.8 Å². The number of aromatic nitrogens is 1. The van der Waals surface area contributed by atoms with Gasteiger partial charge < -0.3 is 11.1 Å². The van der Waals surface area contributed by atoms with Gasteiger partial charge in [0.15, 0.2) is 0 Å². The number of hydrogen-bond acceptors (Lipinski definition) is 4. The van der Waals surface area contributed by atoms with Crippen LogP contribution in [0.3, 0.4) is 0 Å². The predicted octanol–water partition coefficient (Wildman–Crippen LogP) is 1.60. The zero-order valence-electron chi connectivity index (χ0n) is 9.90. The zero-order chi connectivity index (χ0) is 12.3. The predicted molar refractivity (Wildman–Crippen MR) is 71.2 cm³/mol. The van der Waals surface area contributed by atoms with E-state index in [1.54, 1.807) is 12.3 Å². The summed E-state index contributed by atoms with van der Waals surface area (Å²) < 4.78 is 0. The molecule has 5 heteroatoms. The first-order chi connectivity index (χ1) is 8.16. The van der Waals surface area contributed by atoms with Crippen LogP contribution in [0, 0.1) is 6.92 Å². The van der Waals surface area contributed by atoms with Gasteiger partial charge in [-0.3, -0.25) is 9.78 Å². The average molecular weight is 251 g/mol. The first-order valence-corrected chi connectivity index (χ1v) is 6.93. The average Bonchev–Trinajstić information content (AvgIpc) is 2.33. The van der Waals surface area contributed by atoms with Gasteiger partial charge in [0.2, 0.25) is 0 Å². The van der Waals surface area contributed by atoms with Gasteiger partial charge in [0.1, 0.15) is 0 Å². The van der Waals surface area contributed by atoms with Crippen molar-refractivity contribution in [3.63, 3.8) is 0 Å². The number of anilines is 1. The molecule has 3 N–H and O–H groups in total. The number of nitrogen functional groups attached to an aromatic ring is 1. The van der Waals surface area contributed by atoms with Crippen LogP contribution in [-0.2, 0) is 0 Å². The van der Waals surface area contributed by atoms with Crippen LogP contribution in [0.4, 0.5) is 5.69 Å². The Kier molecular flexibility index (Phi) is 3.89. The number of nitrogens with one attached hydrogen (secondary N) is 1. The first kappa shape index (κ1) is 12.2. The molecule has 1 saturated heterocycles. The number of thioether (sulfide) groups is 1. The Morgan fingerprint density at radius 2 is 2.47 bits per heavy atom. The summed E-state index contributed by atoms with van der Waals surface area (Å²) in [5.41, 5.74) is 7.48. The number of rotatable bonds is 2. The van der Waals surface area contributed by atoms with E-state index in [4.69, 9.17) is 5.73 Å². The number of amides is 1. The van der Waals surface area contributed by atoms with Gasteiger partial charge in [0.05, 0.1) is 23.1 Å². The van der Waals surface area contributed by atoms with Gasteiger partial charge >= 0.3 is 0 Å². The van der Waals surface area contributed by atoms with Crippen molar-refractivity contribution in [3.8, 4) is 0 Å². The number of nitrogens with two attached hydrogens (primary N) is 1. The van der Waals surface area contributed by atoms with Gasteiger partial charge in [0, 0.05) is 11.8 Å². The van der Waals surface area contributed by atoms with Crippen molar-refractivity contribution < 1.29 is 4.79 Å². The molecule has 1 amide bonds. The second kappa shape index (κ2) is 5.40. The fraction of sp³-hybridized carbons (Fsp3) is 0.500. The van der Waals surface area contributed by atoms with Crippen LogP contribution >= 0.6 is 11.8 Å². The fourth-order valence-electron chi connectivity index (χ4n) is 1.90. The van der Waals surface area contributed by atoms with E-state index in [1.165, 1.54) is 12.2 Å². The summed E-state index contributed by atoms with van der Waals surface area (Å²) in [5.74, 6) is 2.14. The van der Waals surface area contributed by atoms with Crippen molar-refractivity contribution in [3.05, 3.63) is 23.5 Å². The Morgan fingerprint density at radius 1 is 1.65 bits per heavy atom. The highest BCUT2D eigenvalue weighted by molar-refractivity contribution is 7.99. The molecule has 0 saturated carbocycles. The summed E-state index contributed by atoms with van der Waals surface area (Å²) in [6.07, 6.45) is 3.81. The normalized spacial score (nSPS) is 19.9. The second-order valence-electron chi connectivity index (χ2n) is 4.29. The number of nitrogens with zero attached hydrogens (tertiary/aromatic N) is 1.